The van der Waals surface area contributed by atoms with E-state index in [4.69, 9.17) is 5.73 Å². The molecule has 12 heteroatoms. The van der Waals surface area contributed by atoms with Crippen molar-refractivity contribution >= 4 is 37.5 Å². The number of nitrogens with zero attached hydrogens (tertiary/aromatic N) is 1. The van der Waals surface area contributed by atoms with Crippen molar-refractivity contribution in [3.05, 3.63) is 48.0 Å². The van der Waals surface area contributed by atoms with Crippen molar-refractivity contribution in [1.29, 1.82) is 0 Å². The number of phenols is 1. The number of carbonyl (C=O) groups excluding carboxylic acids is 1. The number of hydrogen-bond acceptors (Lipinski definition) is 7. The van der Waals surface area contributed by atoms with Crippen LogP contribution in [0.4, 0.5) is 11.4 Å². The Kier molecular flexibility index (Phi) is 5.68. The van der Waals surface area contributed by atoms with Crippen LogP contribution in [-0.4, -0.2) is 40.9 Å². The predicted molar refractivity (Wildman–Crippen MR) is 107 cm³/mol. The molecular formula is C17H20N4O6S2. The lowest BCUT2D eigenvalue weighted by molar-refractivity contribution is -0.117. The SMILES string of the molecule is Nc1cccc(S(=O)(=O)NCCCc2ccc(N3CC(=O)NS3(=O)=O)c(O)c2)c1. The molecule has 1 aliphatic heterocycles. The van der Waals surface area contributed by atoms with Gasteiger partial charge >= 0.3 is 10.2 Å². The number of nitrogen functional groups attached to an aromatic ring is 1. The highest BCUT2D eigenvalue weighted by Gasteiger charge is 2.35. The third-order valence-corrected chi connectivity index (χ3v) is 7.08. The quantitative estimate of drug-likeness (QED) is 0.350. The molecule has 0 spiro atoms. The second kappa shape index (κ2) is 7.89. The van der Waals surface area contributed by atoms with Crippen LogP contribution < -0.4 is 19.5 Å². The number of amides is 1. The molecule has 0 aliphatic carbocycles. The summed E-state index contributed by atoms with van der Waals surface area (Å²) in [5.74, 6) is -0.969. The van der Waals surface area contributed by atoms with E-state index >= 15 is 0 Å². The molecule has 0 unspecified atom stereocenters. The molecule has 1 amide bonds. The summed E-state index contributed by atoms with van der Waals surface area (Å²) in [6, 6.07) is 10.4. The second-order valence-corrected chi connectivity index (χ2v) is 9.80. The van der Waals surface area contributed by atoms with Gasteiger partial charge in [0.2, 0.25) is 10.0 Å². The Morgan fingerprint density at radius 3 is 2.59 bits per heavy atom. The van der Waals surface area contributed by atoms with Crippen LogP contribution in [0.1, 0.15) is 12.0 Å². The summed E-state index contributed by atoms with van der Waals surface area (Å²) < 4.78 is 53.3. The monoisotopic (exact) mass is 440 g/mol. The van der Waals surface area contributed by atoms with Crippen molar-refractivity contribution < 1.29 is 26.7 Å². The minimum absolute atomic E-state index is 0.00512. The number of hydrogen-bond donors (Lipinski definition) is 4. The number of carbonyl (C=O) groups is 1. The lowest BCUT2D eigenvalue weighted by atomic mass is 10.1. The highest BCUT2D eigenvalue weighted by atomic mass is 32.2. The maximum atomic E-state index is 12.2. The molecule has 1 saturated heterocycles. The van der Waals surface area contributed by atoms with Crippen LogP contribution in [0.3, 0.4) is 0 Å². The van der Waals surface area contributed by atoms with Gasteiger partial charge in [0.25, 0.3) is 5.91 Å². The van der Waals surface area contributed by atoms with Gasteiger partial charge in [0, 0.05) is 12.2 Å². The molecule has 1 fully saturated rings. The van der Waals surface area contributed by atoms with Gasteiger partial charge in [-0.1, -0.05) is 12.1 Å². The van der Waals surface area contributed by atoms with Gasteiger partial charge in [-0.3, -0.25) is 4.79 Å². The van der Waals surface area contributed by atoms with Crippen molar-refractivity contribution in [1.82, 2.24) is 9.44 Å². The Hall–Kier alpha value is -2.83. The molecule has 0 bridgehead atoms. The topological polar surface area (TPSA) is 159 Å². The molecule has 0 atom stereocenters. The summed E-state index contributed by atoms with van der Waals surface area (Å²) >= 11 is 0. The first kappa shape index (κ1) is 20.9. The van der Waals surface area contributed by atoms with Crippen LogP contribution in [0.15, 0.2) is 47.4 Å². The van der Waals surface area contributed by atoms with Crippen LogP contribution in [0, 0.1) is 0 Å². The normalized spacial score (nSPS) is 16.0. The lowest BCUT2D eigenvalue weighted by Crippen LogP contribution is -2.29. The zero-order valence-corrected chi connectivity index (χ0v) is 16.8. The standard InChI is InChI=1S/C17H20N4O6S2/c18-13-4-1-5-14(10-13)28(24,25)19-8-2-3-12-6-7-15(16(22)9-12)21-11-17(23)20-29(21,26)27/h1,4-7,9-10,19,22H,2-3,8,11,18H2,(H,20,23). The highest BCUT2D eigenvalue weighted by Crippen LogP contribution is 2.31. The Morgan fingerprint density at radius 1 is 1.21 bits per heavy atom. The smallest absolute Gasteiger partial charge is 0.326 e. The summed E-state index contributed by atoms with van der Waals surface area (Å²) in [6.45, 7) is -0.237. The first-order valence-electron chi connectivity index (χ1n) is 8.59. The van der Waals surface area contributed by atoms with Crippen LogP contribution in [0.5, 0.6) is 5.75 Å². The van der Waals surface area contributed by atoms with E-state index in [0.29, 0.717) is 24.1 Å². The summed E-state index contributed by atoms with van der Waals surface area (Å²) in [7, 11) is -7.68. The van der Waals surface area contributed by atoms with Crippen LogP contribution >= 0.6 is 0 Å². The average Bonchev–Trinajstić information content (AvgIpc) is 2.91. The Labute approximate surface area is 168 Å². The van der Waals surface area contributed by atoms with Gasteiger partial charge in [0.1, 0.15) is 12.3 Å². The van der Waals surface area contributed by atoms with E-state index in [9.17, 15) is 26.7 Å². The summed E-state index contributed by atoms with van der Waals surface area (Å²) in [5.41, 5.74) is 6.63. The summed E-state index contributed by atoms with van der Waals surface area (Å²) in [4.78, 5) is 11.4. The van der Waals surface area contributed by atoms with Gasteiger partial charge in [-0.15, -0.1) is 0 Å². The molecule has 3 rings (SSSR count). The van der Waals surface area contributed by atoms with Crippen molar-refractivity contribution in [2.75, 3.05) is 23.1 Å². The lowest BCUT2D eigenvalue weighted by Gasteiger charge is -2.16. The number of nitrogens with one attached hydrogen (secondary N) is 2. The predicted octanol–water partition coefficient (Wildman–Crippen LogP) is 0.0665. The number of rotatable bonds is 7. The minimum Gasteiger partial charge on any atom is -0.506 e. The molecular weight excluding hydrogens is 420 g/mol. The molecule has 1 aliphatic rings. The second-order valence-electron chi connectivity index (χ2n) is 6.43. The fraction of sp³-hybridized carbons (Fsp3) is 0.235. The number of benzene rings is 2. The van der Waals surface area contributed by atoms with Crippen LogP contribution in [-0.2, 0) is 31.4 Å². The van der Waals surface area contributed by atoms with Crippen molar-refractivity contribution in [3.8, 4) is 5.75 Å². The zero-order valence-electron chi connectivity index (χ0n) is 15.2. The molecule has 0 aromatic heterocycles. The first-order valence-corrected chi connectivity index (χ1v) is 11.5. The molecule has 2 aromatic rings. The Bertz CT molecular complexity index is 1150. The van der Waals surface area contributed by atoms with E-state index in [0.717, 1.165) is 4.31 Å². The average molecular weight is 441 g/mol. The fourth-order valence-corrected chi connectivity index (χ4v) is 5.15. The number of aromatic hydroxyl groups is 1. The van der Waals surface area contributed by atoms with Crippen molar-refractivity contribution in [2.24, 2.45) is 0 Å². The third kappa shape index (κ3) is 4.78. The third-order valence-electron chi connectivity index (χ3n) is 4.23. The van der Waals surface area contributed by atoms with Crippen molar-refractivity contribution in [3.63, 3.8) is 0 Å². The number of anilines is 2. The molecule has 0 saturated carbocycles. The van der Waals surface area contributed by atoms with E-state index in [1.165, 1.54) is 24.3 Å². The first-order chi connectivity index (χ1) is 13.6. The molecule has 5 N–H and O–H groups in total. The van der Waals surface area contributed by atoms with E-state index in [2.05, 4.69) is 4.72 Å². The van der Waals surface area contributed by atoms with Crippen LogP contribution in [0.25, 0.3) is 0 Å². The fourth-order valence-electron chi connectivity index (χ4n) is 2.86. The largest absolute Gasteiger partial charge is 0.506 e. The highest BCUT2D eigenvalue weighted by molar-refractivity contribution is 7.92. The minimum atomic E-state index is -4.00. The number of phenolic OH excluding ortho intramolecular Hbond substituents is 1. The van der Waals surface area contributed by atoms with Gasteiger partial charge in [-0.2, -0.15) is 8.42 Å². The van der Waals surface area contributed by atoms with E-state index in [1.54, 1.807) is 18.2 Å². The molecule has 156 valence electrons. The van der Waals surface area contributed by atoms with Gasteiger partial charge in [0.05, 0.1) is 10.6 Å². The van der Waals surface area contributed by atoms with Crippen molar-refractivity contribution in [2.45, 2.75) is 17.7 Å². The zero-order chi connectivity index (χ0) is 21.2. The maximum absolute atomic E-state index is 12.2. The molecule has 29 heavy (non-hydrogen) atoms. The maximum Gasteiger partial charge on any atom is 0.326 e. The van der Waals surface area contributed by atoms with Gasteiger partial charge in [-0.25, -0.2) is 22.2 Å². The summed E-state index contributed by atoms with van der Waals surface area (Å²) in [6.07, 6.45) is 0.888. The van der Waals surface area contributed by atoms with Crippen LogP contribution in [0.2, 0.25) is 0 Å². The van der Waals surface area contributed by atoms with Gasteiger partial charge < -0.3 is 10.8 Å². The number of aryl methyl sites for hydroxylation is 1. The molecule has 2 aromatic carbocycles. The molecule has 0 radical (unpaired) electrons. The van der Waals surface area contributed by atoms with Gasteiger partial charge in [0.15, 0.2) is 0 Å². The molecule has 1 heterocycles. The Balaban J connectivity index is 1.59. The van der Waals surface area contributed by atoms with E-state index in [1.807, 2.05) is 4.72 Å². The summed E-state index contributed by atoms with van der Waals surface area (Å²) in [5, 5.41) is 10.2. The number of nitrogens with two attached hydrogens (primary N) is 1. The Morgan fingerprint density at radius 2 is 1.97 bits per heavy atom. The molecule has 10 nitrogen and oxygen atoms in total. The van der Waals surface area contributed by atoms with E-state index < -0.39 is 32.7 Å². The number of sulfonamides is 1. The van der Waals surface area contributed by atoms with E-state index in [-0.39, 0.29) is 22.9 Å². The van der Waals surface area contributed by atoms with Gasteiger partial charge in [-0.05, 0) is 48.7 Å².